The Labute approximate surface area is 288 Å². The lowest BCUT2D eigenvalue weighted by molar-refractivity contribution is -0.149. The monoisotopic (exact) mass is 712 g/mol. The van der Waals surface area contributed by atoms with E-state index in [1.54, 1.807) is 0 Å². The number of carboxylic acid groups (broad SMARTS) is 2. The van der Waals surface area contributed by atoms with Gasteiger partial charge in [-0.05, 0) is 94.3 Å². The summed E-state index contributed by atoms with van der Waals surface area (Å²) < 4.78 is 0. The van der Waals surface area contributed by atoms with Crippen LogP contribution in [0.25, 0.3) is 0 Å². The second-order valence-electron chi connectivity index (χ2n) is 14.2. The molecule has 1 amide bonds. The SMILES string of the molecule is CCC1CC(CC2CCC(NC(=O)C3C(Cl)CCC(Cl)C3C(=O)O)C(CC)C2)CCC1NOCC1C(Cl)CCC(Cl)C1C(=O)O. The smallest absolute Gasteiger partial charge is 0.308 e. The first-order valence-corrected chi connectivity index (χ1v) is 18.9. The molecule has 8 nitrogen and oxygen atoms in total. The molecular formula is C33H52Cl4N2O6. The molecule has 14 unspecified atom stereocenters. The van der Waals surface area contributed by atoms with Gasteiger partial charge < -0.3 is 20.4 Å². The Morgan fingerprint density at radius 2 is 1.16 bits per heavy atom. The molecule has 0 aromatic heterocycles. The summed E-state index contributed by atoms with van der Waals surface area (Å²) in [6, 6.07) is 0.251. The zero-order chi connectivity index (χ0) is 32.8. The molecule has 4 saturated carbocycles. The number of carboxylic acids is 2. The fourth-order valence-electron chi connectivity index (χ4n) is 8.91. The van der Waals surface area contributed by atoms with Gasteiger partial charge in [0.1, 0.15) is 0 Å². The van der Waals surface area contributed by atoms with Crippen LogP contribution in [-0.4, -0.2) is 68.3 Å². The topological polar surface area (TPSA) is 125 Å². The Balaban J connectivity index is 1.25. The van der Waals surface area contributed by atoms with Gasteiger partial charge >= 0.3 is 11.9 Å². The maximum absolute atomic E-state index is 13.4. The number of alkyl halides is 4. The fourth-order valence-corrected chi connectivity index (χ4v) is 10.5. The number of aliphatic carboxylic acids is 2. The quantitative estimate of drug-likeness (QED) is 0.126. The first kappa shape index (κ1) is 37.3. The van der Waals surface area contributed by atoms with Gasteiger partial charge in [0.2, 0.25) is 5.91 Å². The predicted molar refractivity (Wildman–Crippen MR) is 178 cm³/mol. The Morgan fingerprint density at radius 3 is 1.71 bits per heavy atom. The Morgan fingerprint density at radius 1 is 0.667 bits per heavy atom. The van der Waals surface area contributed by atoms with Gasteiger partial charge in [0.25, 0.3) is 0 Å². The molecule has 0 aliphatic heterocycles. The van der Waals surface area contributed by atoms with Gasteiger partial charge in [-0.2, -0.15) is 5.48 Å². The Bertz CT molecular complexity index is 1010. The van der Waals surface area contributed by atoms with Crippen molar-refractivity contribution in [3.63, 3.8) is 0 Å². The van der Waals surface area contributed by atoms with Gasteiger partial charge in [0, 0.05) is 39.5 Å². The number of hydrogen-bond acceptors (Lipinski definition) is 5. The lowest BCUT2D eigenvalue weighted by Crippen LogP contribution is -2.53. The summed E-state index contributed by atoms with van der Waals surface area (Å²) in [7, 11) is 0. The minimum absolute atomic E-state index is 0.0276. The summed E-state index contributed by atoms with van der Waals surface area (Å²) in [4.78, 5) is 43.1. The van der Waals surface area contributed by atoms with E-state index in [2.05, 4.69) is 24.6 Å². The molecule has 0 saturated heterocycles. The molecular weight excluding hydrogens is 662 g/mol. The maximum atomic E-state index is 13.4. The molecule has 0 bridgehead atoms. The third-order valence-electron chi connectivity index (χ3n) is 11.5. The third-order valence-corrected chi connectivity index (χ3v) is 13.5. The average Bonchev–Trinajstić information content (AvgIpc) is 3.00. The van der Waals surface area contributed by atoms with E-state index in [1.807, 2.05) is 0 Å². The molecule has 0 aromatic carbocycles. The van der Waals surface area contributed by atoms with Crippen LogP contribution in [0.2, 0.25) is 0 Å². The molecule has 4 aliphatic rings. The summed E-state index contributed by atoms with van der Waals surface area (Å²) in [5, 5.41) is 20.9. The van der Waals surface area contributed by atoms with Gasteiger partial charge in [-0.25, -0.2) is 0 Å². The second-order valence-corrected chi connectivity index (χ2v) is 16.5. The van der Waals surface area contributed by atoms with Crippen molar-refractivity contribution in [2.45, 2.75) is 131 Å². The maximum Gasteiger partial charge on any atom is 0.308 e. The van der Waals surface area contributed by atoms with Crippen molar-refractivity contribution in [2.24, 2.45) is 47.3 Å². The summed E-state index contributed by atoms with van der Waals surface area (Å²) in [6.45, 7) is 4.62. The van der Waals surface area contributed by atoms with Crippen molar-refractivity contribution in [3.05, 3.63) is 0 Å². The van der Waals surface area contributed by atoms with Crippen molar-refractivity contribution in [2.75, 3.05) is 6.61 Å². The van der Waals surface area contributed by atoms with Crippen molar-refractivity contribution in [1.29, 1.82) is 0 Å². The third kappa shape index (κ3) is 9.35. The van der Waals surface area contributed by atoms with E-state index in [4.69, 9.17) is 51.2 Å². The van der Waals surface area contributed by atoms with E-state index in [1.165, 1.54) is 6.42 Å². The Kier molecular flexibility index (Phi) is 14.3. The lowest BCUT2D eigenvalue weighted by atomic mass is 9.69. The summed E-state index contributed by atoms with van der Waals surface area (Å²) >= 11 is 25.7. The molecule has 0 aromatic rings. The number of rotatable bonds is 12. The molecule has 12 heteroatoms. The normalized spacial score (nSPS) is 42.5. The standard InChI is InChI=1S/C33H52Cl4N2O6/c1-3-19-14-17(5-11-26(19)38-31(40)29-24(36)9-10-25(37)30(29)33(43)44)13-18-6-12-27(20(4-2)15-18)39-45-16-21-22(34)7-8-23(35)28(21)32(41)42/h17-30,39H,3-16H2,1-2H3,(H,38,40)(H,41,42)(H,43,44). The summed E-state index contributed by atoms with van der Waals surface area (Å²) in [5.74, 6) is -2.99. The van der Waals surface area contributed by atoms with Crippen LogP contribution >= 0.6 is 46.4 Å². The van der Waals surface area contributed by atoms with E-state index in [0.717, 1.165) is 51.4 Å². The molecule has 4 N–H and O–H groups in total. The van der Waals surface area contributed by atoms with Gasteiger partial charge in [-0.3, -0.25) is 14.4 Å². The van der Waals surface area contributed by atoms with E-state index in [-0.39, 0.29) is 35.9 Å². The van der Waals surface area contributed by atoms with Crippen LogP contribution in [0.4, 0.5) is 0 Å². The second kappa shape index (κ2) is 17.2. The van der Waals surface area contributed by atoms with Crippen molar-refractivity contribution in [1.82, 2.24) is 10.8 Å². The van der Waals surface area contributed by atoms with Gasteiger partial charge in [0.05, 0.1) is 24.4 Å². The first-order valence-electron chi connectivity index (χ1n) is 17.1. The van der Waals surface area contributed by atoms with Gasteiger partial charge in [-0.1, -0.05) is 26.7 Å². The number of nitrogens with one attached hydrogen (secondary N) is 2. The van der Waals surface area contributed by atoms with Crippen LogP contribution in [-0.2, 0) is 19.2 Å². The molecule has 0 spiro atoms. The molecule has 4 fully saturated rings. The first-order chi connectivity index (χ1) is 21.4. The average molecular weight is 715 g/mol. The van der Waals surface area contributed by atoms with E-state index >= 15 is 0 Å². The molecule has 0 radical (unpaired) electrons. The molecule has 14 atom stereocenters. The number of hydrogen-bond donors (Lipinski definition) is 4. The van der Waals surface area contributed by atoms with Gasteiger partial charge in [0.15, 0.2) is 0 Å². The highest BCUT2D eigenvalue weighted by atomic mass is 35.5. The molecule has 0 heterocycles. The number of carbonyl (C=O) groups excluding carboxylic acids is 1. The zero-order valence-corrected chi connectivity index (χ0v) is 29.5. The fraction of sp³-hybridized carbons (Fsp3) is 0.909. The predicted octanol–water partition coefficient (Wildman–Crippen LogP) is 7.05. The summed E-state index contributed by atoms with van der Waals surface area (Å²) in [5.41, 5.74) is 3.28. The van der Waals surface area contributed by atoms with Gasteiger partial charge in [-0.15, -0.1) is 46.4 Å². The Hall–Kier alpha value is -0.510. The number of amides is 1. The molecule has 4 aliphatic carbocycles. The molecule has 4 rings (SSSR count). The van der Waals surface area contributed by atoms with Crippen LogP contribution in [0.1, 0.15) is 97.3 Å². The van der Waals surface area contributed by atoms with Crippen LogP contribution in [0.5, 0.6) is 0 Å². The number of halogens is 4. The van der Waals surface area contributed by atoms with Crippen LogP contribution < -0.4 is 10.8 Å². The molecule has 258 valence electrons. The highest BCUT2D eigenvalue weighted by Crippen LogP contribution is 2.42. The number of hydroxylamine groups is 1. The zero-order valence-electron chi connectivity index (χ0n) is 26.5. The molecule has 45 heavy (non-hydrogen) atoms. The summed E-state index contributed by atoms with van der Waals surface area (Å²) in [6.07, 6.45) is 11.8. The van der Waals surface area contributed by atoms with E-state index in [9.17, 15) is 24.6 Å². The van der Waals surface area contributed by atoms with Crippen LogP contribution in [0, 0.1) is 47.3 Å². The highest BCUT2D eigenvalue weighted by Gasteiger charge is 2.47. The largest absolute Gasteiger partial charge is 0.481 e. The lowest BCUT2D eigenvalue weighted by Gasteiger charge is -2.42. The minimum Gasteiger partial charge on any atom is -0.481 e. The van der Waals surface area contributed by atoms with Crippen LogP contribution in [0.3, 0.4) is 0 Å². The van der Waals surface area contributed by atoms with E-state index in [0.29, 0.717) is 49.4 Å². The van der Waals surface area contributed by atoms with Crippen molar-refractivity contribution < 1.29 is 29.4 Å². The van der Waals surface area contributed by atoms with Crippen molar-refractivity contribution in [3.8, 4) is 0 Å². The highest BCUT2D eigenvalue weighted by molar-refractivity contribution is 6.25. The minimum atomic E-state index is -1.05. The van der Waals surface area contributed by atoms with Crippen LogP contribution in [0.15, 0.2) is 0 Å². The number of carbonyl (C=O) groups is 3. The van der Waals surface area contributed by atoms with E-state index < -0.39 is 45.8 Å². The van der Waals surface area contributed by atoms with Crippen molar-refractivity contribution >= 4 is 64.2 Å².